The Morgan fingerprint density at radius 1 is 1.33 bits per heavy atom. The van der Waals surface area contributed by atoms with E-state index in [9.17, 15) is 4.79 Å². The summed E-state index contributed by atoms with van der Waals surface area (Å²) in [6.07, 6.45) is 7.46. The van der Waals surface area contributed by atoms with Crippen molar-refractivity contribution in [3.05, 3.63) is 12.2 Å². The van der Waals surface area contributed by atoms with Gasteiger partial charge in [-0.25, -0.2) is 4.79 Å². The third-order valence-electron chi connectivity index (χ3n) is 2.99. The van der Waals surface area contributed by atoms with E-state index in [1.165, 1.54) is 0 Å². The third-order valence-corrected chi connectivity index (χ3v) is 3.37. The number of piperidine rings is 1. The van der Waals surface area contributed by atoms with Crippen molar-refractivity contribution < 1.29 is 9.53 Å². The first-order valence-electron chi connectivity index (χ1n) is 6.61. The van der Waals surface area contributed by atoms with Gasteiger partial charge in [-0.15, -0.1) is 0 Å². The fraction of sp³-hybridized carbons (Fsp3) is 0.786. The SMILES string of the molecule is CC(C)(C)OC(=O)N1CCC(C/C=C/CBr)CC1. The zero-order valence-electron chi connectivity index (χ0n) is 11.6. The highest BCUT2D eigenvalue weighted by molar-refractivity contribution is 9.09. The van der Waals surface area contributed by atoms with E-state index in [1.807, 2.05) is 25.7 Å². The van der Waals surface area contributed by atoms with Crippen LogP contribution in [0.2, 0.25) is 0 Å². The molecule has 0 aliphatic carbocycles. The van der Waals surface area contributed by atoms with Crippen molar-refractivity contribution in [3.8, 4) is 0 Å². The average Bonchev–Trinajstić information content (AvgIpc) is 2.28. The number of likely N-dealkylation sites (tertiary alicyclic amines) is 1. The molecule has 0 atom stereocenters. The summed E-state index contributed by atoms with van der Waals surface area (Å²) < 4.78 is 5.38. The standard InChI is InChI=1S/C14H24BrNO2/c1-14(2,3)18-13(17)16-10-7-12(8-11-16)6-4-5-9-15/h4-5,12H,6-11H2,1-3H3/b5-4+. The molecule has 0 N–H and O–H groups in total. The Labute approximate surface area is 119 Å². The molecule has 1 aliphatic heterocycles. The lowest BCUT2D eigenvalue weighted by molar-refractivity contribution is 0.0185. The van der Waals surface area contributed by atoms with Crippen LogP contribution in [0.5, 0.6) is 0 Å². The highest BCUT2D eigenvalue weighted by Crippen LogP contribution is 2.22. The molecule has 0 bridgehead atoms. The molecule has 1 fully saturated rings. The number of rotatable bonds is 3. The largest absolute Gasteiger partial charge is 0.444 e. The number of nitrogens with zero attached hydrogens (tertiary/aromatic N) is 1. The van der Waals surface area contributed by atoms with E-state index in [0.29, 0.717) is 5.92 Å². The van der Waals surface area contributed by atoms with E-state index in [0.717, 1.165) is 37.7 Å². The Morgan fingerprint density at radius 3 is 2.44 bits per heavy atom. The number of alkyl halides is 1. The van der Waals surface area contributed by atoms with Gasteiger partial charge in [0.15, 0.2) is 0 Å². The van der Waals surface area contributed by atoms with E-state index in [-0.39, 0.29) is 6.09 Å². The van der Waals surface area contributed by atoms with Crippen LogP contribution in [0.1, 0.15) is 40.0 Å². The van der Waals surface area contributed by atoms with Crippen LogP contribution in [0.4, 0.5) is 4.79 Å². The number of carbonyl (C=O) groups is 1. The zero-order valence-corrected chi connectivity index (χ0v) is 13.2. The molecule has 4 heteroatoms. The van der Waals surface area contributed by atoms with Gasteiger partial charge in [0.25, 0.3) is 0 Å². The summed E-state index contributed by atoms with van der Waals surface area (Å²) >= 11 is 3.37. The van der Waals surface area contributed by atoms with Crippen molar-refractivity contribution in [3.63, 3.8) is 0 Å². The Morgan fingerprint density at radius 2 is 1.94 bits per heavy atom. The van der Waals surface area contributed by atoms with Crippen LogP contribution >= 0.6 is 15.9 Å². The molecule has 1 heterocycles. The van der Waals surface area contributed by atoms with Gasteiger partial charge >= 0.3 is 6.09 Å². The highest BCUT2D eigenvalue weighted by atomic mass is 79.9. The zero-order chi connectivity index (χ0) is 13.6. The van der Waals surface area contributed by atoms with Gasteiger partial charge in [0.1, 0.15) is 5.60 Å². The van der Waals surface area contributed by atoms with Gasteiger partial charge in [-0.3, -0.25) is 0 Å². The molecular formula is C14H24BrNO2. The topological polar surface area (TPSA) is 29.5 Å². The fourth-order valence-corrected chi connectivity index (χ4v) is 2.29. The number of hydrogen-bond donors (Lipinski definition) is 0. The Kier molecular flexibility index (Phi) is 6.19. The lowest BCUT2D eigenvalue weighted by Crippen LogP contribution is -2.41. The summed E-state index contributed by atoms with van der Waals surface area (Å²) in [4.78, 5) is 13.7. The molecule has 104 valence electrons. The second-order valence-corrected chi connectivity index (χ2v) is 6.42. The minimum Gasteiger partial charge on any atom is -0.444 e. The van der Waals surface area contributed by atoms with E-state index in [4.69, 9.17) is 4.74 Å². The van der Waals surface area contributed by atoms with E-state index < -0.39 is 5.60 Å². The lowest BCUT2D eigenvalue weighted by Gasteiger charge is -2.33. The lowest BCUT2D eigenvalue weighted by atomic mass is 9.94. The Balaban J connectivity index is 2.30. The number of halogens is 1. The molecule has 1 aliphatic rings. The number of allylic oxidation sites excluding steroid dienone is 2. The van der Waals surface area contributed by atoms with Gasteiger partial charge in [-0.2, -0.15) is 0 Å². The third kappa shape index (κ3) is 5.89. The highest BCUT2D eigenvalue weighted by Gasteiger charge is 2.26. The minimum atomic E-state index is -0.396. The van der Waals surface area contributed by atoms with Crippen LogP contribution in [0, 0.1) is 5.92 Å². The summed E-state index contributed by atoms with van der Waals surface area (Å²) in [5.74, 6) is 0.707. The predicted octanol–water partition coefficient (Wildman–Crippen LogP) is 3.97. The van der Waals surface area contributed by atoms with Crippen LogP contribution in [-0.2, 0) is 4.74 Å². The van der Waals surface area contributed by atoms with Gasteiger partial charge in [0, 0.05) is 18.4 Å². The molecule has 0 radical (unpaired) electrons. The summed E-state index contributed by atoms with van der Waals surface area (Å²) in [6, 6.07) is 0. The maximum atomic E-state index is 11.9. The first-order valence-corrected chi connectivity index (χ1v) is 7.73. The molecule has 0 unspecified atom stereocenters. The maximum absolute atomic E-state index is 11.9. The van der Waals surface area contributed by atoms with Crippen molar-refractivity contribution in [1.82, 2.24) is 4.90 Å². The van der Waals surface area contributed by atoms with Crippen molar-refractivity contribution in [2.45, 2.75) is 45.6 Å². The minimum absolute atomic E-state index is 0.169. The average molecular weight is 318 g/mol. The molecular weight excluding hydrogens is 294 g/mol. The second kappa shape index (κ2) is 7.17. The normalized spacial score (nSPS) is 18.3. The summed E-state index contributed by atoms with van der Waals surface area (Å²) in [7, 11) is 0. The van der Waals surface area contributed by atoms with Gasteiger partial charge in [0.2, 0.25) is 0 Å². The number of carbonyl (C=O) groups excluding carboxylic acids is 1. The summed E-state index contributed by atoms with van der Waals surface area (Å²) in [6.45, 7) is 7.36. The quantitative estimate of drug-likeness (QED) is 0.582. The van der Waals surface area contributed by atoms with Crippen LogP contribution in [0.15, 0.2) is 12.2 Å². The molecule has 0 saturated carbocycles. The molecule has 1 rings (SSSR count). The van der Waals surface area contributed by atoms with Crippen molar-refractivity contribution >= 4 is 22.0 Å². The van der Waals surface area contributed by atoms with E-state index in [1.54, 1.807) is 0 Å². The molecule has 0 spiro atoms. The molecule has 1 saturated heterocycles. The molecule has 3 nitrogen and oxygen atoms in total. The number of ether oxygens (including phenoxy) is 1. The maximum Gasteiger partial charge on any atom is 0.410 e. The van der Waals surface area contributed by atoms with Gasteiger partial charge < -0.3 is 9.64 Å². The van der Waals surface area contributed by atoms with Gasteiger partial charge in [-0.05, 0) is 46.0 Å². The first-order chi connectivity index (χ1) is 8.42. The van der Waals surface area contributed by atoms with E-state index >= 15 is 0 Å². The Bertz CT molecular complexity index is 289. The smallest absolute Gasteiger partial charge is 0.410 e. The van der Waals surface area contributed by atoms with Crippen molar-refractivity contribution in [2.24, 2.45) is 5.92 Å². The Hall–Kier alpha value is -0.510. The summed E-state index contributed by atoms with van der Waals surface area (Å²) in [5.41, 5.74) is -0.396. The summed E-state index contributed by atoms with van der Waals surface area (Å²) in [5, 5.41) is 0.920. The monoisotopic (exact) mass is 317 g/mol. The van der Waals surface area contributed by atoms with E-state index in [2.05, 4.69) is 28.1 Å². The van der Waals surface area contributed by atoms with Crippen molar-refractivity contribution in [2.75, 3.05) is 18.4 Å². The van der Waals surface area contributed by atoms with Crippen LogP contribution in [-0.4, -0.2) is 35.0 Å². The number of amides is 1. The molecule has 0 aromatic heterocycles. The molecule has 18 heavy (non-hydrogen) atoms. The molecule has 1 amide bonds. The van der Waals surface area contributed by atoms with Gasteiger partial charge in [0.05, 0.1) is 0 Å². The molecule has 0 aromatic rings. The fourth-order valence-electron chi connectivity index (χ4n) is 2.03. The van der Waals surface area contributed by atoms with Crippen LogP contribution < -0.4 is 0 Å². The first kappa shape index (κ1) is 15.5. The van der Waals surface area contributed by atoms with Gasteiger partial charge in [-0.1, -0.05) is 28.1 Å². The predicted molar refractivity (Wildman–Crippen MR) is 78.1 cm³/mol. The van der Waals surface area contributed by atoms with Crippen LogP contribution in [0.25, 0.3) is 0 Å². The second-order valence-electron chi connectivity index (χ2n) is 5.77. The van der Waals surface area contributed by atoms with Crippen molar-refractivity contribution in [1.29, 1.82) is 0 Å². The number of hydrogen-bond acceptors (Lipinski definition) is 2. The van der Waals surface area contributed by atoms with Crippen LogP contribution in [0.3, 0.4) is 0 Å². The molecule has 0 aromatic carbocycles.